The van der Waals surface area contributed by atoms with Gasteiger partial charge in [0.25, 0.3) is 0 Å². The second-order valence-electron chi connectivity index (χ2n) is 3.04. The minimum absolute atomic E-state index is 0.0312. The minimum atomic E-state index is 0.0312. The van der Waals surface area contributed by atoms with Crippen molar-refractivity contribution < 1.29 is 4.79 Å². The highest BCUT2D eigenvalue weighted by atomic mass is 35.5. The van der Waals surface area contributed by atoms with Crippen LogP contribution < -0.4 is 0 Å². The van der Waals surface area contributed by atoms with Crippen LogP contribution in [0.2, 0.25) is 5.02 Å². The zero-order valence-corrected chi connectivity index (χ0v) is 10.4. The molecule has 0 saturated carbocycles. The third-order valence-electron chi connectivity index (χ3n) is 1.92. The lowest BCUT2D eigenvalue weighted by atomic mass is 10.2. The highest BCUT2D eigenvalue weighted by Gasteiger charge is 2.12. The molecule has 0 bridgehead atoms. The van der Waals surface area contributed by atoms with Crippen LogP contribution in [0.4, 0.5) is 0 Å². The summed E-state index contributed by atoms with van der Waals surface area (Å²) < 4.78 is 0. The van der Waals surface area contributed by atoms with E-state index in [1.807, 2.05) is 12.3 Å². The SMILES string of the molecule is Cc1nc(C(=O)Cc2sccc2Cl)cs1. The largest absolute Gasteiger partial charge is 0.292 e. The molecule has 2 heterocycles. The number of halogens is 1. The van der Waals surface area contributed by atoms with Crippen molar-refractivity contribution in [2.24, 2.45) is 0 Å². The maximum atomic E-state index is 11.8. The molecule has 0 aromatic carbocycles. The van der Waals surface area contributed by atoms with E-state index in [9.17, 15) is 4.79 Å². The quantitative estimate of drug-likeness (QED) is 0.787. The van der Waals surface area contributed by atoms with Crippen molar-refractivity contribution in [3.8, 4) is 0 Å². The van der Waals surface area contributed by atoms with E-state index in [4.69, 9.17) is 11.6 Å². The first-order valence-corrected chi connectivity index (χ1v) is 6.48. The maximum absolute atomic E-state index is 11.8. The topological polar surface area (TPSA) is 30.0 Å². The fourth-order valence-electron chi connectivity index (χ4n) is 1.18. The Morgan fingerprint density at radius 1 is 1.53 bits per heavy atom. The molecule has 0 atom stereocenters. The van der Waals surface area contributed by atoms with E-state index in [1.165, 1.54) is 22.7 Å². The minimum Gasteiger partial charge on any atom is -0.292 e. The fourth-order valence-corrected chi connectivity index (χ4v) is 2.90. The fraction of sp³-hybridized carbons (Fsp3) is 0.200. The Kier molecular flexibility index (Phi) is 3.19. The van der Waals surface area contributed by atoms with E-state index in [-0.39, 0.29) is 5.78 Å². The summed E-state index contributed by atoms with van der Waals surface area (Å²) in [6, 6.07) is 1.81. The molecule has 0 radical (unpaired) electrons. The molecular weight excluding hydrogens is 250 g/mol. The molecule has 15 heavy (non-hydrogen) atoms. The summed E-state index contributed by atoms with van der Waals surface area (Å²) in [5, 5.41) is 5.26. The lowest BCUT2D eigenvalue weighted by molar-refractivity contribution is 0.0989. The number of nitrogens with zero attached hydrogens (tertiary/aromatic N) is 1. The predicted octanol–water partition coefficient (Wildman–Crippen LogP) is 3.59. The summed E-state index contributed by atoms with van der Waals surface area (Å²) in [6.07, 6.45) is 0.347. The van der Waals surface area contributed by atoms with Crippen LogP contribution >= 0.6 is 34.3 Å². The number of thiazole rings is 1. The van der Waals surface area contributed by atoms with Crippen LogP contribution in [-0.4, -0.2) is 10.8 Å². The Balaban J connectivity index is 2.14. The van der Waals surface area contributed by atoms with Crippen LogP contribution in [0, 0.1) is 6.92 Å². The van der Waals surface area contributed by atoms with Gasteiger partial charge in [-0.2, -0.15) is 0 Å². The summed E-state index contributed by atoms with van der Waals surface area (Å²) in [7, 11) is 0. The number of carbonyl (C=O) groups excluding carboxylic acids is 1. The summed E-state index contributed by atoms with van der Waals surface area (Å²) in [6.45, 7) is 1.89. The number of aryl methyl sites for hydroxylation is 1. The number of carbonyl (C=O) groups is 1. The predicted molar refractivity (Wildman–Crippen MR) is 64.2 cm³/mol. The highest BCUT2D eigenvalue weighted by Crippen LogP contribution is 2.23. The van der Waals surface area contributed by atoms with Crippen LogP contribution in [0.15, 0.2) is 16.8 Å². The van der Waals surface area contributed by atoms with Crippen molar-refractivity contribution in [2.75, 3.05) is 0 Å². The van der Waals surface area contributed by atoms with E-state index < -0.39 is 0 Å². The first kappa shape index (κ1) is 10.8. The van der Waals surface area contributed by atoms with Crippen molar-refractivity contribution in [2.45, 2.75) is 13.3 Å². The van der Waals surface area contributed by atoms with Crippen LogP contribution in [-0.2, 0) is 6.42 Å². The van der Waals surface area contributed by atoms with Crippen molar-refractivity contribution in [1.82, 2.24) is 4.98 Å². The number of thiophene rings is 1. The molecule has 0 aliphatic carbocycles. The van der Waals surface area contributed by atoms with Crippen LogP contribution in [0.3, 0.4) is 0 Å². The first-order chi connectivity index (χ1) is 7.16. The van der Waals surface area contributed by atoms with Gasteiger partial charge in [-0.25, -0.2) is 4.98 Å². The van der Waals surface area contributed by atoms with Gasteiger partial charge in [-0.1, -0.05) is 11.6 Å². The molecule has 0 fully saturated rings. The molecule has 0 N–H and O–H groups in total. The van der Waals surface area contributed by atoms with E-state index >= 15 is 0 Å². The average Bonchev–Trinajstić information content (AvgIpc) is 2.77. The number of rotatable bonds is 3. The molecule has 2 rings (SSSR count). The molecule has 2 aromatic rings. The maximum Gasteiger partial charge on any atom is 0.187 e. The lowest BCUT2D eigenvalue weighted by Crippen LogP contribution is -2.02. The molecule has 2 aromatic heterocycles. The Morgan fingerprint density at radius 2 is 2.33 bits per heavy atom. The van der Waals surface area contributed by atoms with Crippen molar-refractivity contribution in [3.63, 3.8) is 0 Å². The third kappa shape index (κ3) is 2.45. The highest BCUT2D eigenvalue weighted by molar-refractivity contribution is 7.10. The Bertz CT molecular complexity index is 489. The first-order valence-electron chi connectivity index (χ1n) is 4.34. The molecule has 5 heteroatoms. The standard InChI is InChI=1S/C10H8ClNOS2/c1-6-12-8(5-15-6)9(13)4-10-7(11)2-3-14-10/h2-3,5H,4H2,1H3. The molecule has 0 aliphatic rings. The van der Waals surface area contributed by atoms with E-state index in [2.05, 4.69) is 4.98 Å². The Hall–Kier alpha value is -0.710. The number of hydrogen-bond acceptors (Lipinski definition) is 4. The molecule has 2 nitrogen and oxygen atoms in total. The van der Waals surface area contributed by atoms with Crippen molar-refractivity contribution >= 4 is 40.1 Å². The third-order valence-corrected chi connectivity index (χ3v) is 4.08. The van der Waals surface area contributed by atoms with Gasteiger partial charge in [-0.15, -0.1) is 22.7 Å². The monoisotopic (exact) mass is 257 g/mol. The van der Waals surface area contributed by atoms with Gasteiger partial charge in [-0.3, -0.25) is 4.79 Å². The molecule has 0 saturated heterocycles. The van der Waals surface area contributed by atoms with Gasteiger partial charge >= 0.3 is 0 Å². The second kappa shape index (κ2) is 4.43. The lowest BCUT2D eigenvalue weighted by Gasteiger charge is -1.95. The summed E-state index contributed by atoms with van der Waals surface area (Å²) >= 11 is 8.91. The van der Waals surface area contributed by atoms with E-state index in [0.29, 0.717) is 17.1 Å². The smallest absolute Gasteiger partial charge is 0.187 e. The number of Topliss-reactive ketones (excluding diaryl/α,β-unsaturated/α-hetero) is 1. The molecular formula is C10H8ClNOS2. The summed E-state index contributed by atoms with van der Waals surface area (Å²) in [5.74, 6) is 0.0312. The van der Waals surface area contributed by atoms with Gasteiger partial charge in [0.05, 0.1) is 10.0 Å². The van der Waals surface area contributed by atoms with Crippen molar-refractivity contribution in [3.05, 3.63) is 37.4 Å². The van der Waals surface area contributed by atoms with Crippen LogP contribution in [0.25, 0.3) is 0 Å². The van der Waals surface area contributed by atoms with Crippen molar-refractivity contribution in [1.29, 1.82) is 0 Å². The van der Waals surface area contributed by atoms with Crippen LogP contribution in [0.5, 0.6) is 0 Å². The normalized spacial score (nSPS) is 10.5. The summed E-state index contributed by atoms with van der Waals surface area (Å²) in [4.78, 5) is 16.8. The molecule has 0 aliphatic heterocycles. The second-order valence-corrected chi connectivity index (χ2v) is 5.51. The Morgan fingerprint density at radius 3 is 2.87 bits per heavy atom. The van der Waals surface area contributed by atoms with Gasteiger partial charge < -0.3 is 0 Å². The molecule has 78 valence electrons. The van der Waals surface area contributed by atoms with Gasteiger partial charge in [0, 0.05) is 16.7 Å². The van der Waals surface area contributed by atoms with Crippen LogP contribution in [0.1, 0.15) is 20.4 Å². The van der Waals surface area contributed by atoms with E-state index in [1.54, 1.807) is 11.4 Å². The van der Waals surface area contributed by atoms with Gasteiger partial charge in [0.15, 0.2) is 5.78 Å². The Labute approximate surface area is 101 Å². The zero-order chi connectivity index (χ0) is 10.8. The molecule has 0 unspecified atom stereocenters. The van der Waals surface area contributed by atoms with E-state index in [0.717, 1.165) is 9.88 Å². The van der Waals surface area contributed by atoms with Gasteiger partial charge in [0.2, 0.25) is 0 Å². The molecule has 0 spiro atoms. The molecule has 0 amide bonds. The summed E-state index contributed by atoms with van der Waals surface area (Å²) in [5.41, 5.74) is 0.543. The number of ketones is 1. The zero-order valence-electron chi connectivity index (χ0n) is 7.99. The van der Waals surface area contributed by atoms with Gasteiger partial charge in [-0.05, 0) is 18.4 Å². The van der Waals surface area contributed by atoms with Gasteiger partial charge in [0.1, 0.15) is 5.69 Å². The number of hydrogen-bond donors (Lipinski definition) is 0. The average molecular weight is 258 g/mol. The number of aromatic nitrogens is 1.